The summed E-state index contributed by atoms with van der Waals surface area (Å²) in [6.45, 7) is 2.31. The predicted octanol–water partition coefficient (Wildman–Crippen LogP) is 4.36. The van der Waals surface area contributed by atoms with E-state index in [9.17, 15) is 23.4 Å². The molecule has 4 atom stereocenters. The van der Waals surface area contributed by atoms with Gasteiger partial charge in [-0.3, -0.25) is 0 Å². The van der Waals surface area contributed by atoms with Gasteiger partial charge in [0.2, 0.25) is 5.95 Å². The molecular formula is C22H26F3N5O2S. The van der Waals surface area contributed by atoms with Crippen molar-refractivity contribution >= 4 is 33.3 Å². The molecule has 0 aliphatic heterocycles. The van der Waals surface area contributed by atoms with Crippen LogP contribution in [0.1, 0.15) is 31.9 Å². The van der Waals surface area contributed by atoms with Crippen LogP contribution in [0, 0.1) is 12.8 Å². The number of aliphatic hydroxyl groups is 2. The highest BCUT2D eigenvalue weighted by Gasteiger charge is 2.37. The average molecular weight is 482 g/mol. The van der Waals surface area contributed by atoms with E-state index in [1.807, 2.05) is 31.2 Å². The fraction of sp³-hybridized carbons (Fsp3) is 0.500. The number of anilines is 2. The molecule has 11 heteroatoms. The van der Waals surface area contributed by atoms with Gasteiger partial charge in [0.1, 0.15) is 17.4 Å². The zero-order chi connectivity index (χ0) is 23.8. The summed E-state index contributed by atoms with van der Waals surface area (Å²) in [5.74, 6) is -0.0555. The van der Waals surface area contributed by atoms with E-state index in [0.29, 0.717) is 41.3 Å². The van der Waals surface area contributed by atoms with Gasteiger partial charge in [-0.25, -0.2) is 9.97 Å². The maximum atomic E-state index is 12.7. The number of nitrogens with zero attached hydrogens (tertiary/aromatic N) is 3. The molecule has 0 radical (unpaired) electrons. The third-order valence-corrected chi connectivity index (χ3v) is 6.93. The number of nitrogens with one attached hydrogen (secondary N) is 2. The lowest BCUT2D eigenvalue weighted by molar-refractivity contribution is -0.115. The molecule has 0 amide bonds. The van der Waals surface area contributed by atoms with Gasteiger partial charge in [0.05, 0.1) is 33.7 Å². The van der Waals surface area contributed by atoms with E-state index >= 15 is 0 Å². The number of para-hydroxylation sites is 1. The molecule has 2 aromatic heterocycles. The first-order chi connectivity index (χ1) is 15.6. The number of halogens is 3. The van der Waals surface area contributed by atoms with Gasteiger partial charge in [-0.15, -0.1) is 11.3 Å². The first-order valence-electron chi connectivity index (χ1n) is 10.8. The molecule has 178 valence electrons. The van der Waals surface area contributed by atoms with Crippen molar-refractivity contribution in [1.82, 2.24) is 15.0 Å². The second-order valence-electron chi connectivity index (χ2n) is 8.33. The van der Waals surface area contributed by atoms with Crippen LogP contribution >= 0.6 is 11.3 Å². The fourth-order valence-corrected chi connectivity index (χ4v) is 5.31. The average Bonchev–Trinajstić information content (AvgIpc) is 3.34. The Balaban J connectivity index is 1.69. The molecule has 0 saturated heterocycles. The lowest BCUT2D eigenvalue weighted by Gasteiger charge is -2.20. The Morgan fingerprint density at radius 1 is 1.18 bits per heavy atom. The Hall–Kier alpha value is -2.50. The second-order valence-corrected chi connectivity index (χ2v) is 9.36. The number of alkyl halides is 3. The Morgan fingerprint density at radius 2 is 1.94 bits per heavy atom. The summed E-state index contributed by atoms with van der Waals surface area (Å²) in [6.07, 6.45) is -4.25. The van der Waals surface area contributed by atoms with Crippen molar-refractivity contribution in [3.05, 3.63) is 30.0 Å². The largest absolute Gasteiger partial charge is 0.405 e. The van der Waals surface area contributed by atoms with E-state index in [1.165, 1.54) is 11.3 Å². The third kappa shape index (κ3) is 5.36. The van der Waals surface area contributed by atoms with Gasteiger partial charge in [0.15, 0.2) is 0 Å². The smallest absolute Gasteiger partial charge is 0.393 e. The first kappa shape index (κ1) is 23.7. The molecule has 0 spiro atoms. The lowest BCUT2D eigenvalue weighted by atomic mass is 9.97. The number of aromatic nitrogens is 3. The highest BCUT2D eigenvalue weighted by atomic mass is 32.1. The number of fused-ring (bicyclic) bond motifs is 1. The normalized spacial score (nSPS) is 22.0. The SMILES string of the molecule is CCC(O)C1C[C@@H](Nc2nc(NCC(F)(F)F)nc(C)c2-c2nc3ccccc3s2)C[C@@H]1O. The van der Waals surface area contributed by atoms with Crippen molar-refractivity contribution < 1.29 is 23.4 Å². The summed E-state index contributed by atoms with van der Waals surface area (Å²) in [6, 6.07) is 7.43. The molecule has 1 fully saturated rings. The van der Waals surface area contributed by atoms with Gasteiger partial charge in [-0.05, 0) is 38.3 Å². The van der Waals surface area contributed by atoms with Crippen LogP contribution < -0.4 is 10.6 Å². The number of benzene rings is 1. The number of thiazole rings is 1. The molecule has 4 N–H and O–H groups in total. The van der Waals surface area contributed by atoms with Crippen LogP contribution in [0.5, 0.6) is 0 Å². The number of rotatable bonds is 7. The van der Waals surface area contributed by atoms with Crippen molar-refractivity contribution in [2.45, 2.75) is 57.5 Å². The molecule has 1 saturated carbocycles. The molecule has 1 aliphatic carbocycles. The monoisotopic (exact) mass is 481 g/mol. The van der Waals surface area contributed by atoms with E-state index in [-0.39, 0.29) is 17.9 Å². The molecule has 2 unspecified atom stereocenters. The topological polar surface area (TPSA) is 103 Å². The summed E-state index contributed by atoms with van der Waals surface area (Å²) in [5, 5.41) is 26.8. The summed E-state index contributed by atoms with van der Waals surface area (Å²) in [7, 11) is 0. The minimum atomic E-state index is -4.41. The maximum absolute atomic E-state index is 12.7. The molecule has 7 nitrogen and oxygen atoms in total. The molecule has 0 bridgehead atoms. The van der Waals surface area contributed by atoms with Crippen LogP contribution in [-0.4, -0.2) is 56.1 Å². The van der Waals surface area contributed by atoms with Gasteiger partial charge >= 0.3 is 6.18 Å². The number of hydrogen-bond acceptors (Lipinski definition) is 8. The van der Waals surface area contributed by atoms with Gasteiger partial charge in [0.25, 0.3) is 0 Å². The number of aliphatic hydroxyl groups excluding tert-OH is 2. The molecular weight excluding hydrogens is 455 g/mol. The molecule has 3 aromatic rings. The van der Waals surface area contributed by atoms with Crippen LogP contribution in [-0.2, 0) is 0 Å². The highest BCUT2D eigenvalue weighted by Crippen LogP contribution is 2.38. The van der Waals surface area contributed by atoms with Crippen molar-refractivity contribution in [2.75, 3.05) is 17.2 Å². The van der Waals surface area contributed by atoms with Crippen molar-refractivity contribution in [3.63, 3.8) is 0 Å². The number of aryl methyl sites for hydroxylation is 1. The summed E-state index contributed by atoms with van der Waals surface area (Å²) < 4.78 is 39.2. The minimum Gasteiger partial charge on any atom is -0.393 e. The Labute approximate surface area is 193 Å². The van der Waals surface area contributed by atoms with Crippen molar-refractivity contribution in [2.24, 2.45) is 5.92 Å². The lowest BCUT2D eigenvalue weighted by Crippen LogP contribution is -2.26. The van der Waals surface area contributed by atoms with E-state index < -0.39 is 24.9 Å². The molecule has 2 heterocycles. The molecule has 33 heavy (non-hydrogen) atoms. The first-order valence-corrected chi connectivity index (χ1v) is 11.6. The van der Waals surface area contributed by atoms with Crippen LogP contribution in [0.2, 0.25) is 0 Å². The quantitative estimate of drug-likeness (QED) is 0.398. The molecule has 1 aliphatic rings. The van der Waals surface area contributed by atoms with Crippen LogP contribution in [0.15, 0.2) is 24.3 Å². The van der Waals surface area contributed by atoms with E-state index in [2.05, 4.69) is 25.6 Å². The van der Waals surface area contributed by atoms with Gasteiger partial charge < -0.3 is 20.8 Å². The second kappa shape index (κ2) is 9.40. The van der Waals surface area contributed by atoms with Crippen LogP contribution in [0.4, 0.5) is 24.9 Å². The van der Waals surface area contributed by atoms with Gasteiger partial charge in [-0.2, -0.15) is 18.2 Å². The summed E-state index contributed by atoms with van der Waals surface area (Å²) in [4.78, 5) is 13.3. The van der Waals surface area contributed by atoms with Crippen LogP contribution in [0.3, 0.4) is 0 Å². The standard InChI is InChI=1S/C22H26F3N5O2S/c1-3-15(31)13-8-12(9-16(13)32)28-19-18(20-29-14-6-4-5-7-17(14)33-20)11(2)27-21(30-19)26-10-22(23,24)25/h4-7,12-13,15-16,31-32H,3,8-10H2,1-2H3,(H2,26,27,28,30)/t12-,13?,15?,16+/m1/s1. The minimum absolute atomic E-state index is 0.138. The maximum Gasteiger partial charge on any atom is 0.405 e. The Bertz CT molecular complexity index is 1090. The van der Waals surface area contributed by atoms with Crippen molar-refractivity contribution in [3.8, 4) is 10.6 Å². The van der Waals surface area contributed by atoms with Crippen molar-refractivity contribution in [1.29, 1.82) is 0 Å². The Kier molecular flexibility index (Phi) is 6.73. The van der Waals surface area contributed by atoms with E-state index in [4.69, 9.17) is 0 Å². The summed E-state index contributed by atoms with van der Waals surface area (Å²) >= 11 is 1.45. The molecule has 1 aromatic carbocycles. The number of hydrogen-bond donors (Lipinski definition) is 4. The summed E-state index contributed by atoms with van der Waals surface area (Å²) in [5.41, 5.74) is 1.91. The predicted molar refractivity (Wildman–Crippen MR) is 122 cm³/mol. The molecule has 4 rings (SSSR count). The third-order valence-electron chi connectivity index (χ3n) is 5.87. The van der Waals surface area contributed by atoms with Gasteiger partial charge in [-0.1, -0.05) is 19.1 Å². The van der Waals surface area contributed by atoms with Gasteiger partial charge in [0, 0.05) is 12.0 Å². The van der Waals surface area contributed by atoms with E-state index in [0.717, 1.165) is 10.2 Å². The Morgan fingerprint density at radius 3 is 2.64 bits per heavy atom. The zero-order valence-electron chi connectivity index (χ0n) is 18.2. The van der Waals surface area contributed by atoms with Crippen LogP contribution in [0.25, 0.3) is 20.8 Å². The van der Waals surface area contributed by atoms with E-state index in [1.54, 1.807) is 6.92 Å². The highest BCUT2D eigenvalue weighted by molar-refractivity contribution is 7.21. The zero-order valence-corrected chi connectivity index (χ0v) is 19.0. The fourth-order valence-electron chi connectivity index (χ4n) is 4.25.